The van der Waals surface area contributed by atoms with Gasteiger partial charge in [0.1, 0.15) is 12.4 Å². The molecule has 1 amide bonds. The smallest absolute Gasteiger partial charge is 0.240 e. The first-order chi connectivity index (χ1) is 11.3. The number of amides is 1. The molecule has 2 aromatic rings. The standard InChI is InChI=1S/C19H25N3O/c1-2-18-21-16-10-6-7-11-17(16)22(18)14-19(23)20-13-12-15-8-4-3-5-9-15/h6-8,10-11H,2-5,9,12-14H2,1H3,(H,20,23). The topological polar surface area (TPSA) is 46.9 Å². The molecule has 0 fully saturated rings. The molecule has 0 atom stereocenters. The Bertz CT molecular complexity index is 714. The van der Waals surface area contributed by atoms with Crippen LogP contribution in [0, 0.1) is 0 Å². The Balaban J connectivity index is 1.60. The summed E-state index contributed by atoms with van der Waals surface area (Å²) in [4.78, 5) is 16.9. The largest absolute Gasteiger partial charge is 0.354 e. The lowest BCUT2D eigenvalue weighted by Crippen LogP contribution is -2.29. The number of hydrogen-bond donors (Lipinski definition) is 1. The first kappa shape index (κ1) is 15.8. The van der Waals surface area contributed by atoms with Gasteiger partial charge in [-0.3, -0.25) is 4.79 Å². The van der Waals surface area contributed by atoms with Gasteiger partial charge in [-0.2, -0.15) is 0 Å². The Labute approximate surface area is 137 Å². The number of fused-ring (bicyclic) bond motifs is 1. The molecule has 0 aliphatic heterocycles. The van der Waals surface area contributed by atoms with Crippen LogP contribution in [0.2, 0.25) is 0 Å². The van der Waals surface area contributed by atoms with Crippen molar-refractivity contribution >= 4 is 16.9 Å². The van der Waals surface area contributed by atoms with Crippen LogP contribution < -0.4 is 5.32 Å². The van der Waals surface area contributed by atoms with Crippen LogP contribution in [0.25, 0.3) is 11.0 Å². The van der Waals surface area contributed by atoms with Crippen molar-refractivity contribution in [3.63, 3.8) is 0 Å². The lowest BCUT2D eigenvalue weighted by atomic mass is 9.97. The van der Waals surface area contributed by atoms with Gasteiger partial charge in [0.05, 0.1) is 11.0 Å². The first-order valence-electron chi connectivity index (χ1n) is 8.66. The minimum absolute atomic E-state index is 0.0688. The number of para-hydroxylation sites is 2. The van der Waals surface area contributed by atoms with Crippen molar-refractivity contribution in [3.8, 4) is 0 Å². The molecule has 1 aromatic carbocycles. The zero-order chi connectivity index (χ0) is 16.1. The third kappa shape index (κ3) is 3.81. The molecule has 0 radical (unpaired) electrons. The van der Waals surface area contributed by atoms with Gasteiger partial charge in [-0.1, -0.05) is 30.7 Å². The molecule has 0 saturated carbocycles. The van der Waals surface area contributed by atoms with Gasteiger partial charge in [0.2, 0.25) is 5.91 Å². The molecule has 1 aromatic heterocycles. The van der Waals surface area contributed by atoms with Crippen molar-refractivity contribution in [1.29, 1.82) is 0 Å². The van der Waals surface area contributed by atoms with E-state index in [-0.39, 0.29) is 5.91 Å². The SMILES string of the molecule is CCc1nc2ccccc2n1CC(=O)NCCC1=CCCCC1. The molecule has 23 heavy (non-hydrogen) atoms. The lowest BCUT2D eigenvalue weighted by molar-refractivity contribution is -0.121. The molecule has 122 valence electrons. The van der Waals surface area contributed by atoms with E-state index in [1.54, 1.807) is 0 Å². The molecule has 4 nitrogen and oxygen atoms in total. The fraction of sp³-hybridized carbons (Fsp3) is 0.474. The van der Waals surface area contributed by atoms with Gasteiger partial charge in [0.25, 0.3) is 0 Å². The van der Waals surface area contributed by atoms with Crippen LogP contribution in [-0.2, 0) is 17.8 Å². The summed E-state index contributed by atoms with van der Waals surface area (Å²) in [6, 6.07) is 8.00. The molecule has 3 rings (SSSR count). The summed E-state index contributed by atoms with van der Waals surface area (Å²) >= 11 is 0. The van der Waals surface area contributed by atoms with Crippen LogP contribution in [0.5, 0.6) is 0 Å². The molecule has 1 N–H and O–H groups in total. The van der Waals surface area contributed by atoms with Crippen molar-refractivity contribution < 1.29 is 4.79 Å². The van der Waals surface area contributed by atoms with E-state index in [9.17, 15) is 4.79 Å². The van der Waals surface area contributed by atoms with Crippen LogP contribution in [0.1, 0.15) is 44.9 Å². The molecule has 1 heterocycles. The number of aryl methyl sites for hydroxylation is 1. The Morgan fingerprint density at radius 3 is 2.96 bits per heavy atom. The second-order valence-electron chi connectivity index (χ2n) is 6.16. The lowest BCUT2D eigenvalue weighted by Gasteiger charge is -2.13. The zero-order valence-corrected chi connectivity index (χ0v) is 13.8. The van der Waals surface area contributed by atoms with Gasteiger partial charge in [-0.25, -0.2) is 4.98 Å². The molecular formula is C19H25N3O. The molecule has 0 unspecified atom stereocenters. The Kier molecular flexibility index (Phi) is 5.11. The number of nitrogens with one attached hydrogen (secondary N) is 1. The van der Waals surface area contributed by atoms with Crippen molar-refractivity contribution in [2.24, 2.45) is 0 Å². The van der Waals surface area contributed by atoms with Gasteiger partial charge in [-0.05, 0) is 44.2 Å². The highest BCUT2D eigenvalue weighted by atomic mass is 16.1. The molecule has 0 bridgehead atoms. The van der Waals surface area contributed by atoms with E-state index in [4.69, 9.17) is 0 Å². The average Bonchev–Trinajstić information content (AvgIpc) is 2.94. The Morgan fingerprint density at radius 2 is 2.17 bits per heavy atom. The summed E-state index contributed by atoms with van der Waals surface area (Å²) in [6.45, 7) is 3.16. The van der Waals surface area contributed by atoms with Gasteiger partial charge in [0.15, 0.2) is 0 Å². The maximum Gasteiger partial charge on any atom is 0.240 e. The molecule has 0 spiro atoms. The van der Waals surface area contributed by atoms with Crippen LogP contribution in [0.15, 0.2) is 35.9 Å². The van der Waals surface area contributed by atoms with E-state index < -0.39 is 0 Å². The summed E-state index contributed by atoms with van der Waals surface area (Å²) in [7, 11) is 0. The van der Waals surface area contributed by atoms with Crippen LogP contribution in [-0.4, -0.2) is 22.0 Å². The van der Waals surface area contributed by atoms with Gasteiger partial charge in [0, 0.05) is 13.0 Å². The maximum atomic E-state index is 12.3. The number of hydrogen-bond acceptors (Lipinski definition) is 2. The summed E-state index contributed by atoms with van der Waals surface area (Å²) in [5.41, 5.74) is 3.50. The van der Waals surface area contributed by atoms with Crippen molar-refractivity contribution in [3.05, 3.63) is 41.7 Å². The Morgan fingerprint density at radius 1 is 1.30 bits per heavy atom. The van der Waals surface area contributed by atoms with E-state index in [1.807, 2.05) is 28.8 Å². The van der Waals surface area contributed by atoms with Crippen LogP contribution in [0.3, 0.4) is 0 Å². The number of nitrogens with zero attached hydrogens (tertiary/aromatic N) is 2. The summed E-state index contributed by atoms with van der Waals surface area (Å²) in [5, 5.41) is 3.06. The fourth-order valence-electron chi connectivity index (χ4n) is 3.27. The maximum absolute atomic E-state index is 12.3. The average molecular weight is 311 g/mol. The minimum Gasteiger partial charge on any atom is -0.354 e. The highest BCUT2D eigenvalue weighted by Crippen LogP contribution is 2.19. The number of carbonyl (C=O) groups is 1. The number of aromatic nitrogens is 2. The third-order valence-corrected chi connectivity index (χ3v) is 4.50. The van der Waals surface area contributed by atoms with Crippen molar-refractivity contribution in [1.82, 2.24) is 14.9 Å². The van der Waals surface area contributed by atoms with Crippen molar-refractivity contribution in [2.75, 3.05) is 6.54 Å². The monoisotopic (exact) mass is 311 g/mol. The number of allylic oxidation sites excluding steroid dienone is 1. The normalized spacial score (nSPS) is 14.7. The van der Waals surface area contributed by atoms with E-state index in [0.29, 0.717) is 6.54 Å². The first-order valence-corrected chi connectivity index (χ1v) is 8.66. The quantitative estimate of drug-likeness (QED) is 0.829. The molecule has 4 heteroatoms. The number of benzene rings is 1. The minimum atomic E-state index is 0.0688. The highest BCUT2D eigenvalue weighted by Gasteiger charge is 2.12. The Hall–Kier alpha value is -2.10. The molecular weight excluding hydrogens is 286 g/mol. The van der Waals surface area contributed by atoms with Crippen LogP contribution in [0.4, 0.5) is 0 Å². The summed E-state index contributed by atoms with van der Waals surface area (Å²) in [6.07, 6.45) is 9.15. The second-order valence-corrected chi connectivity index (χ2v) is 6.16. The molecule has 1 aliphatic carbocycles. The van der Waals surface area contributed by atoms with Gasteiger partial charge < -0.3 is 9.88 Å². The predicted octanol–water partition coefficient (Wildman–Crippen LogP) is 3.61. The van der Waals surface area contributed by atoms with E-state index >= 15 is 0 Å². The van der Waals surface area contributed by atoms with E-state index in [2.05, 4.69) is 23.3 Å². The van der Waals surface area contributed by atoms with Crippen molar-refractivity contribution in [2.45, 2.75) is 52.0 Å². The van der Waals surface area contributed by atoms with E-state index in [1.165, 1.54) is 31.3 Å². The van der Waals surface area contributed by atoms with E-state index in [0.717, 1.165) is 36.2 Å². The second kappa shape index (κ2) is 7.44. The number of carbonyl (C=O) groups excluding carboxylic acids is 1. The third-order valence-electron chi connectivity index (χ3n) is 4.50. The molecule has 1 aliphatic rings. The summed E-state index contributed by atoms with van der Waals surface area (Å²) in [5.74, 6) is 1.04. The number of rotatable bonds is 6. The fourth-order valence-corrected chi connectivity index (χ4v) is 3.27. The zero-order valence-electron chi connectivity index (χ0n) is 13.8. The highest BCUT2D eigenvalue weighted by molar-refractivity contribution is 5.81. The van der Waals surface area contributed by atoms with Gasteiger partial charge in [-0.15, -0.1) is 0 Å². The number of imidazole rings is 1. The predicted molar refractivity (Wildman–Crippen MR) is 93.3 cm³/mol. The van der Waals surface area contributed by atoms with Crippen LogP contribution >= 0.6 is 0 Å². The summed E-state index contributed by atoms with van der Waals surface area (Å²) < 4.78 is 2.03. The molecule has 0 saturated heterocycles. The van der Waals surface area contributed by atoms with Gasteiger partial charge >= 0.3 is 0 Å².